The number of aliphatic hydroxyl groups excluding tert-OH is 1. The summed E-state index contributed by atoms with van der Waals surface area (Å²) in [4.78, 5) is 27.6. The summed E-state index contributed by atoms with van der Waals surface area (Å²) in [7, 11) is 0. The van der Waals surface area contributed by atoms with Crippen LogP contribution < -0.4 is 16.3 Å². The van der Waals surface area contributed by atoms with Gasteiger partial charge in [-0.2, -0.15) is 0 Å². The number of benzene rings is 2. The van der Waals surface area contributed by atoms with Crippen molar-refractivity contribution in [3.63, 3.8) is 0 Å². The Balaban J connectivity index is 1.44. The maximum Gasteiger partial charge on any atom is 0.347 e. The Kier molecular flexibility index (Phi) is 7.91. The monoisotopic (exact) mass is 422 g/mol. The van der Waals surface area contributed by atoms with E-state index in [0.717, 1.165) is 11.1 Å². The fourth-order valence-corrected chi connectivity index (χ4v) is 2.97. The molecule has 162 valence electrons. The molecule has 2 atom stereocenters. The minimum absolute atomic E-state index is 0.0537. The Morgan fingerprint density at radius 1 is 1.16 bits per heavy atom. The molecule has 1 aromatic heterocycles. The lowest BCUT2D eigenvalue weighted by atomic mass is 10.1. The van der Waals surface area contributed by atoms with Gasteiger partial charge in [0.2, 0.25) is 0 Å². The largest absolute Gasteiger partial charge is 0.389 e. The number of aliphatic hydroxyl groups is 1. The molecule has 2 amide bonds. The molecule has 8 heteroatoms. The van der Waals surface area contributed by atoms with Gasteiger partial charge < -0.3 is 20.5 Å². The third-order valence-electron chi connectivity index (χ3n) is 4.63. The molecule has 0 aliphatic rings. The second-order valence-electron chi connectivity index (χ2n) is 7.11. The number of amides is 2. The molecule has 3 N–H and O–H groups in total. The van der Waals surface area contributed by atoms with Gasteiger partial charge in [0.1, 0.15) is 0 Å². The molecule has 0 spiro atoms. The molecule has 8 nitrogen and oxygen atoms in total. The Labute approximate surface area is 180 Å². The van der Waals surface area contributed by atoms with E-state index in [4.69, 9.17) is 4.74 Å². The molecule has 0 bridgehead atoms. The molecule has 0 aliphatic heterocycles. The van der Waals surface area contributed by atoms with E-state index in [1.165, 1.54) is 10.8 Å². The van der Waals surface area contributed by atoms with E-state index < -0.39 is 12.1 Å². The summed E-state index contributed by atoms with van der Waals surface area (Å²) in [6.45, 7) is 2.41. The number of ether oxygens (including phenoxy) is 1. The molecule has 0 fully saturated rings. The summed E-state index contributed by atoms with van der Waals surface area (Å²) >= 11 is 0. The number of urea groups is 1. The van der Waals surface area contributed by atoms with Crippen LogP contribution in [-0.2, 0) is 11.3 Å². The summed E-state index contributed by atoms with van der Waals surface area (Å²) in [5.74, 6) is 0. The van der Waals surface area contributed by atoms with E-state index >= 15 is 0 Å². The van der Waals surface area contributed by atoms with Gasteiger partial charge in [0, 0.05) is 24.6 Å². The van der Waals surface area contributed by atoms with Crippen LogP contribution in [0.25, 0.3) is 0 Å². The first-order chi connectivity index (χ1) is 15.0. The van der Waals surface area contributed by atoms with Crippen LogP contribution in [0.1, 0.15) is 24.2 Å². The number of rotatable bonds is 9. The quantitative estimate of drug-likeness (QED) is 0.492. The normalized spacial score (nSPS) is 12.7. The lowest BCUT2D eigenvalue weighted by molar-refractivity contribution is -0.000953. The molecule has 31 heavy (non-hydrogen) atoms. The standard InChI is InChI=1S/C23H26N4O4/c1-17(19-8-3-2-4-9-19)31-16-21(28)14-25-22(29)26-20-10-5-7-18(13-20)15-27-12-6-11-24-23(27)30/h2-13,17,21,28H,14-16H2,1H3,(H2,25,26,29)/t17-,21-/m1/s1. The number of aromatic nitrogens is 2. The first-order valence-corrected chi connectivity index (χ1v) is 10.0. The average molecular weight is 422 g/mol. The van der Waals surface area contributed by atoms with Gasteiger partial charge >= 0.3 is 11.7 Å². The maximum atomic E-state index is 12.2. The lowest BCUT2D eigenvalue weighted by Gasteiger charge is -2.17. The molecule has 0 radical (unpaired) electrons. The molecular weight excluding hydrogens is 396 g/mol. The topological polar surface area (TPSA) is 105 Å². The van der Waals surface area contributed by atoms with Gasteiger partial charge in [-0.05, 0) is 36.2 Å². The number of carbonyl (C=O) groups excluding carboxylic acids is 1. The zero-order valence-electron chi connectivity index (χ0n) is 17.3. The van der Waals surface area contributed by atoms with Crippen molar-refractivity contribution in [1.82, 2.24) is 14.9 Å². The van der Waals surface area contributed by atoms with Crippen LogP contribution in [0, 0.1) is 0 Å². The molecule has 3 aromatic rings. The SMILES string of the molecule is C[C@@H](OC[C@H](O)CNC(=O)Nc1cccc(Cn2cccnc2=O)c1)c1ccccc1. The molecule has 0 saturated heterocycles. The summed E-state index contributed by atoms with van der Waals surface area (Å²) in [6.07, 6.45) is 2.12. The van der Waals surface area contributed by atoms with Crippen molar-refractivity contribution in [1.29, 1.82) is 0 Å². The minimum atomic E-state index is -0.833. The van der Waals surface area contributed by atoms with Crippen LogP contribution in [0.15, 0.2) is 77.9 Å². The van der Waals surface area contributed by atoms with E-state index in [2.05, 4.69) is 15.6 Å². The maximum absolute atomic E-state index is 12.2. The predicted molar refractivity (Wildman–Crippen MR) is 118 cm³/mol. The van der Waals surface area contributed by atoms with Crippen LogP contribution in [0.5, 0.6) is 0 Å². The summed E-state index contributed by atoms with van der Waals surface area (Å²) < 4.78 is 7.15. The van der Waals surface area contributed by atoms with E-state index in [9.17, 15) is 14.7 Å². The van der Waals surface area contributed by atoms with Crippen molar-refractivity contribution in [2.45, 2.75) is 25.7 Å². The van der Waals surface area contributed by atoms with E-state index in [1.54, 1.807) is 30.5 Å². The molecule has 0 saturated carbocycles. The van der Waals surface area contributed by atoms with Crippen molar-refractivity contribution < 1.29 is 14.6 Å². The van der Waals surface area contributed by atoms with Gasteiger partial charge in [0.15, 0.2) is 0 Å². The van der Waals surface area contributed by atoms with Crippen LogP contribution >= 0.6 is 0 Å². The number of nitrogens with one attached hydrogen (secondary N) is 2. The first kappa shape index (κ1) is 22.2. The van der Waals surface area contributed by atoms with E-state index in [1.807, 2.05) is 43.3 Å². The number of carbonyl (C=O) groups is 1. The Hall–Kier alpha value is -3.49. The van der Waals surface area contributed by atoms with Gasteiger partial charge in [-0.15, -0.1) is 0 Å². The lowest BCUT2D eigenvalue weighted by Crippen LogP contribution is -2.37. The first-order valence-electron chi connectivity index (χ1n) is 10.0. The summed E-state index contributed by atoms with van der Waals surface area (Å²) in [5.41, 5.74) is 2.11. The minimum Gasteiger partial charge on any atom is -0.389 e. The summed E-state index contributed by atoms with van der Waals surface area (Å²) in [6, 6.07) is 18.1. The highest BCUT2D eigenvalue weighted by molar-refractivity contribution is 5.89. The molecule has 3 rings (SSSR count). The van der Waals surface area contributed by atoms with E-state index in [-0.39, 0.29) is 24.9 Å². The van der Waals surface area contributed by atoms with Gasteiger partial charge in [-0.3, -0.25) is 4.57 Å². The van der Waals surface area contributed by atoms with Gasteiger partial charge in [0.05, 0.1) is 25.4 Å². The van der Waals surface area contributed by atoms with Crippen molar-refractivity contribution in [3.05, 3.63) is 94.7 Å². The number of anilines is 1. The van der Waals surface area contributed by atoms with Crippen molar-refractivity contribution in [3.8, 4) is 0 Å². The fraction of sp³-hybridized carbons (Fsp3) is 0.261. The summed E-state index contributed by atoms with van der Waals surface area (Å²) in [5, 5.41) is 15.4. The van der Waals surface area contributed by atoms with Crippen LogP contribution in [0.2, 0.25) is 0 Å². The molecule has 1 heterocycles. The van der Waals surface area contributed by atoms with Gasteiger partial charge in [0.25, 0.3) is 0 Å². The third-order valence-corrected chi connectivity index (χ3v) is 4.63. The van der Waals surface area contributed by atoms with Gasteiger partial charge in [-0.25, -0.2) is 14.6 Å². The zero-order chi connectivity index (χ0) is 22.1. The zero-order valence-corrected chi connectivity index (χ0v) is 17.3. The molecule has 0 aliphatic carbocycles. The fourth-order valence-electron chi connectivity index (χ4n) is 2.97. The second kappa shape index (κ2) is 11.1. The van der Waals surface area contributed by atoms with Crippen LogP contribution in [-0.4, -0.2) is 39.9 Å². The van der Waals surface area contributed by atoms with Gasteiger partial charge in [-0.1, -0.05) is 42.5 Å². The van der Waals surface area contributed by atoms with Crippen LogP contribution in [0.4, 0.5) is 10.5 Å². The Morgan fingerprint density at radius 2 is 1.97 bits per heavy atom. The highest BCUT2D eigenvalue weighted by Gasteiger charge is 2.11. The highest BCUT2D eigenvalue weighted by Crippen LogP contribution is 2.16. The third kappa shape index (κ3) is 7.06. The number of hydrogen-bond acceptors (Lipinski definition) is 5. The highest BCUT2D eigenvalue weighted by atomic mass is 16.5. The van der Waals surface area contributed by atoms with E-state index in [0.29, 0.717) is 12.2 Å². The van der Waals surface area contributed by atoms with Crippen molar-refractivity contribution in [2.75, 3.05) is 18.5 Å². The van der Waals surface area contributed by atoms with Crippen molar-refractivity contribution >= 4 is 11.7 Å². The second-order valence-corrected chi connectivity index (χ2v) is 7.11. The Bertz CT molecular complexity index is 1040. The predicted octanol–water partition coefficient (Wildman–Crippen LogP) is 2.55. The smallest absolute Gasteiger partial charge is 0.347 e. The molecule has 2 aromatic carbocycles. The average Bonchev–Trinajstić information content (AvgIpc) is 2.78. The van der Waals surface area contributed by atoms with Crippen LogP contribution in [0.3, 0.4) is 0 Å². The number of nitrogens with zero attached hydrogens (tertiary/aromatic N) is 2. The Morgan fingerprint density at radius 3 is 2.74 bits per heavy atom. The number of hydrogen-bond donors (Lipinski definition) is 3. The molecule has 0 unspecified atom stereocenters. The van der Waals surface area contributed by atoms with Crippen molar-refractivity contribution in [2.24, 2.45) is 0 Å². The molecular formula is C23H26N4O4.